The third kappa shape index (κ3) is 7.19. The van der Waals surface area contributed by atoms with Crippen LogP contribution in [0.2, 0.25) is 10.0 Å². The largest absolute Gasteiger partial charge is 0.481 e. The van der Waals surface area contributed by atoms with Gasteiger partial charge in [-0.25, -0.2) is 19.3 Å². The number of anilines is 1. The van der Waals surface area contributed by atoms with Crippen LogP contribution < -0.4 is 15.0 Å². The Labute approximate surface area is 308 Å². The summed E-state index contributed by atoms with van der Waals surface area (Å²) in [5, 5.41) is 28.7. The van der Waals surface area contributed by atoms with E-state index in [4.69, 9.17) is 38.0 Å². The number of aliphatic hydroxyl groups excluding tert-OH is 1. The summed E-state index contributed by atoms with van der Waals surface area (Å²) in [6, 6.07) is 14.8. The molecule has 51 heavy (non-hydrogen) atoms. The fraction of sp³-hybridized carbons (Fsp3) is 0.343. The summed E-state index contributed by atoms with van der Waals surface area (Å²) in [6.07, 6.45) is 1.65. The number of halogens is 2. The molecule has 0 saturated carbocycles. The average molecular weight is 752 g/mol. The van der Waals surface area contributed by atoms with Gasteiger partial charge >= 0.3 is 6.09 Å². The molecule has 16 heteroatoms. The van der Waals surface area contributed by atoms with Gasteiger partial charge in [0.1, 0.15) is 0 Å². The number of carbonyl (C=O) groups excluding carboxylic acids is 1. The third-order valence-corrected chi connectivity index (χ3v) is 11.1. The second-order valence-electron chi connectivity index (χ2n) is 12.4. The van der Waals surface area contributed by atoms with Crippen molar-refractivity contribution in [2.45, 2.75) is 25.4 Å². The van der Waals surface area contributed by atoms with E-state index in [1.165, 1.54) is 23.3 Å². The molecule has 2 aliphatic rings. The number of fused-ring (bicyclic) bond motifs is 1. The first-order valence-electron chi connectivity index (χ1n) is 16.6. The highest BCUT2D eigenvalue weighted by Gasteiger charge is 2.27. The van der Waals surface area contributed by atoms with Crippen LogP contribution in [0, 0.1) is 0 Å². The van der Waals surface area contributed by atoms with Crippen molar-refractivity contribution in [3.63, 3.8) is 0 Å². The number of rotatable bonds is 11. The molecule has 2 aromatic carbocycles. The fourth-order valence-electron chi connectivity index (χ4n) is 6.59. The number of piperazine rings is 1. The molecule has 0 aliphatic carbocycles. The van der Waals surface area contributed by atoms with E-state index in [2.05, 4.69) is 20.1 Å². The molecule has 0 unspecified atom stereocenters. The highest BCUT2D eigenvalue weighted by Crippen LogP contribution is 2.43. The maximum absolute atomic E-state index is 12.1. The van der Waals surface area contributed by atoms with Crippen LogP contribution in [0.3, 0.4) is 0 Å². The molecule has 1 atom stereocenters. The van der Waals surface area contributed by atoms with Gasteiger partial charge in [-0.2, -0.15) is 0 Å². The number of hydrogen-bond acceptors (Lipinski definition) is 10. The molecule has 7 rings (SSSR count). The highest BCUT2D eigenvalue weighted by molar-refractivity contribution is 7.20. The quantitative estimate of drug-likeness (QED) is 0.161. The van der Waals surface area contributed by atoms with Crippen molar-refractivity contribution in [2.24, 2.45) is 0 Å². The van der Waals surface area contributed by atoms with Gasteiger partial charge in [0, 0.05) is 79.5 Å². The second-order valence-corrected chi connectivity index (χ2v) is 14.1. The number of nitrogens with zero attached hydrogens (tertiary/aromatic N) is 7. The number of carboxylic acid groups (broad SMARTS) is 1. The number of aromatic nitrogens is 4. The van der Waals surface area contributed by atoms with E-state index in [1.807, 2.05) is 40.9 Å². The van der Waals surface area contributed by atoms with Crippen LogP contribution >= 0.6 is 34.5 Å². The smallest absolute Gasteiger partial charge is 0.407 e. The van der Waals surface area contributed by atoms with Crippen LogP contribution in [0.15, 0.2) is 54.7 Å². The Balaban J connectivity index is 1.15. The normalized spacial score (nSPS) is 16.5. The van der Waals surface area contributed by atoms with Gasteiger partial charge in [0.15, 0.2) is 0 Å². The van der Waals surface area contributed by atoms with Crippen molar-refractivity contribution in [3.05, 3.63) is 70.3 Å². The number of methoxy groups -OCH3 is 1. The molecular formula is C35H36Cl2N8O5S. The van der Waals surface area contributed by atoms with Crippen LogP contribution in [-0.4, -0.2) is 111 Å². The number of β-amino-alcohol motifs (C(OH)–C–C–N with tert-alkyl or cyclic N) is 1. The molecule has 3 N–H and O–H groups in total. The summed E-state index contributed by atoms with van der Waals surface area (Å²) in [7, 11) is 1.49. The van der Waals surface area contributed by atoms with Crippen molar-refractivity contribution >= 4 is 56.6 Å². The lowest BCUT2D eigenvalue weighted by Gasteiger charge is -2.33. The average Bonchev–Trinajstić information content (AvgIpc) is 3.85. The lowest BCUT2D eigenvalue weighted by atomic mass is 9.98. The zero-order valence-corrected chi connectivity index (χ0v) is 30.1. The molecule has 0 spiro atoms. The van der Waals surface area contributed by atoms with E-state index in [1.54, 1.807) is 18.3 Å². The monoisotopic (exact) mass is 750 g/mol. The minimum Gasteiger partial charge on any atom is -0.481 e. The van der Waals surface area contributed by atoms with E-state index in [-0.39, 0.29) is 37.5 Å². The maximum Gasteiger partial charge on any atom is 0.407 e. The van der Waals surface area contributed by atoms with E-state index in [0.29, 0.717) is 51.8 Å². The number of benzene rings is 2. The first-order valence-corrected chi connectivity index (χ1v) is 18.1. The summed E-state index contributed by atoms with van der Waals surface area (Å²) < 4.78 is 7.43. The van der Waals surface area contributed by atoms with Crippen molar-refractivity contribution in [3.8, 4) is 39.5 Å². The molecule has 13 nitrogen and oxygen atoms in total. The zero-order valence-electron chi connectivity index (χ0n) is 27.8. The molecule has 5 heterocycles. The number of ether oxygens (including phenoxy) is 1. The summed E-state index contributed by atoms with van der Waals surface area (Å²) in [4.78, 5) is 39.6. The number of hydrogen-bond donors (Lipinski definition) is 3. The first kappa shape index (κ1) is 35.0. The van der Waals surface area contributed by atoms with E-state index < -0.39 is 6.09 Å². The minimum absolute atomic E-state index is 0.0396. The van der Waals surface area contributed by atoms with Gasteiger partial charge in [0.2, 0.25) is 21.9 Å². The second kappa shape index (κ2) is 15.0. The Hall–Kier alpha value is -4.47. The Bertz CT molecular complexity index is 2080. The summed E-state index contributed by atoms with van der Waals surface area (Å²) in [6.45, 7) is 4.40. The third-order valence-electron chi connectivity index (χ3n) is 9.26. The van der Waals surface area contributed by atoms with E-state index in [9.17, 15) is 19.8 Å². The molecule has 2 amide bonds. The van der Waals surface area contributed by atoms with Crippen LogP contribution in [0.4, 0.5) is 9.93 Å². The van der Waals surface area contributed by atoms with Crippen LogP contribution in [0.5, 0.6) is 5.88 Å². The summed E-state index contributed by atoms with van der Waals surface area (Å²) >= 11 is 15.8. The lowest BCUT2D eigenvalue weighted by Crippen LogP contribution is -2.47. The predicted octanol–water partition coefficient (Wildman–Crippen LogP) is 5.38. The SMILES string of the molecule is COc1nc(-c2cccc(-c3cccc(-c4cnc5sc(N6CCN(CCO)CC6)nn45)c3Cl)c2Cl)ccc1CN(C[C@@H]1CCC(=O)N1)C(=O)O. The van der Waals surface area contributed by atoms with Gasteiger partial charge in [-0.3, -0.25) is 9.69 Å². The Morgan fingerprint density at radius 2 is 1.75 bits per heavy atom. The summed E-state index contributed by atoms with van der Waals surface area (Å²) in [5.74, 6) is 0.199. The molecule has 2 fully saturated rings. The number of imidazole rings is 1. The minimum atomic E-state index is -1.10. The number of nitrogens with one attached hydrogen (secondary N) is 1. The van der Waals surface area contributed by atoms with E-state index >= 15 is 0 Å². The molecule has 3 aromatic heterocycles. The molecule has 5 aromatic rings. The summed E-state index contributed by atoms with van der Waals surface area (Å²) in [5.41, 5.74) is 4.74. The lowest BCUT2D eigenvalue weighted by molar-refractivity contribution is -0.119. The van der Waals surface area contributed by atoms with Gasteiger partial charge in [-0.05, 0) is 18.6 Å². The molecule has 2 aliphatic heterocycles. The molecule has 266 valence electrons. The Kier molecular flexibility index (Phi) is 10.3. The van der Waals surface area contributed by atoms with Crippen molar-refractivity contribution < 1.29 is 24.5 Å². The van der Waals surface area contributed by atoms with Crippen molar-refractivity contribution in [2.75, 3.05) is 57.9 Å². The highest BCUT2D eigenvalue weighted by atomic mass is 35.5. The number of aliphatic hydroxyl groups is 1. The maximum atomic E-state index is 12.1. The van der Waals surface area contributed by atoms with Crippen LogP contribution in [0.1, 0.15) is 18.4 Å². The van der Waals surface area contributed by atoms with Gasteiger partial charge in [-0.1, -0.05) is 70.9 Å². The zero-order chi connectivity index (χ0) is 35.6. The first-order chi connectivity index (χ1) is 24.7. The Morgan fingerprint density at radius 3 is 2.41 bits per heavy atom. The molecular weight excluding hydrogens is 715 g/mol. The van der Waals surface area contributed by atoms with Gasteiger partial charge < -0.3 is 30.1 Å². The van der Waals surface area contributed by atoms with Gasteiger partial charge in [0.05, 0.1) is 47.9 Å². The predicted molar refractivity (Wildman–Crippen MR) is 197 cm³/mol. The topological polar surface area (TPSA) is 149 Å². The van der Waals surface area contributed by atoms with Crippen molar-refractivity contribution in [1.29, 1.82) is 0 Å². The van der Waals surface area contributed by atoms with Gasteiger partial charge in [-0.15, -0.1) is 5.10 Å². The molecule has 2 saturated heterocycles. The molecule has 0 radical (unpaired) electrons. The van der Waals surface area contributed by atoms with Crippen LogP contribution in [-0.2, 0) is 11.3 Å². The number of amides is 2. The van der Waals surface area contributed by atoms with E-state index in [0.717, 1.165) is 53.1 Å². The number of pyridine rings is 1. The molecule has 0 bridgehead atoms. The van der Waals surface area contributed by atoms with Gasteiger partial charge in [0.25, 0.3) is 0 Å². The number of carbonyl (C=O) groups is 2. The van der Waals surface area contributed by atoms with Crippen LogP contribution in [0.25, 0.3) is 38.6 Å². The Morgan fingerprint density at radius 1 is 1.04 bits per heavy atom. The standard InChI is InChI=1S/C35H36Cl2N8O5S/c1-50-32-21(19-44(35(48)49)20-22-9-11-29(47)39-22)8-10-27(40-32)25-6-2-4-23(30(25)36)24-5-3-7-26(31(24)37)28-18-38-33-45(28)41-34(51-33)43-14-12-42(13-15-43)16-17-46/h2-8,10,18,22,46H,9,11-17,19-20H2,1H3,(H,39,47)(H,48,49)/t22-/m0/s1. The van der Waals surface area contributed by atoms with Crippen molar-refractivity contribution in [1.82, 2.24) is 34.7 Å². The fourth-order valence-corrected chi connectivity index (χ4v) is 8.16.